The molecule has 1 amide bonds. The molecule has 0 bridgehead atoms. The van der Waals surface area contributed by atoms with Gasteiger partial charge in [-0.05, 0) is 42.8 Å². The lowest BCUT2D eigenvalue weighted by atomic mass is 10.2. The Kier molecular flexibility index (Phi) is 5.99. The van der Waals surface area contributed by atoms with Gasteiger partial charge in [0.05, 0.1) is 4.90 Å². The molecule has 0 fully saturated rings. The molecular formula is C17H19ClN2O3S. The first-order valence-electron chi connectivity index (χ1n) is 7.40. The predicted octanol–water partition coefficient (Wildman–Crippen LogP) is 2.98. The van der Waals surface area contributed by atoms with E-state index in [1.54, 1.807) is 4.90 Å². The van der Waals surface area contributed by atoms with E-state index in [0.29, 0.717) is 5.02 Å². The SMILES string of the molecule is CC(=O)N(CCNS(=O)(=O)c1ccc(Cl)cc1)c1ccccc1C. The number of para-hydroxylation sites is 1. The molecule has 0 heterocycles. The Hall–Kier alpha value is -1.89. The van der Waals surface area contributed by atoms with E-state index >= 15 is 0 Å². The molecule has 0 atom stereocenters. The van der Waals surface area contributed by atoms with Crippen molar-refractivity contribution in [2.24, 2.45) is 0 Å². The van der Waals surface area contributed by atoms with E-state index in [-0.39, 0.29) is 23.9 Å². The summed E-state index contributed by atoms with van der Waals surface area (Å²) in [5.41, 5.74) is 1.73. The van der Waals surface area contributed by atoms with Crippen molar-refractivity contribution in [1.29, 1.82) is 0 Å². The first kappa shape index (κ1) is 18.4. The van der Waals surface area contributed by atoms with Crippen molar-refractivity contribution in [2.45, 2.75) is 18.7 Å². The predicted molar refractivity (Wildman–Crippen MR) is 95.8 cm³/mol. The van der Waals surface area contributed by atoms with Crippen LogP contribution >= 0.6 is 11.6 Å². The van der Waals surface area contributed by atoms with E-state index in [2.05, 4.69) is 4.72 Å². The molecule has 2 rings (SSSR count). The van der Waals surface area contributed by atoms with Gasteiger partial charge in [0.25, 0.3) is 0 Å². The van der Waals surface area contributed by atoms with Gasteiger partial charge in [0.2, 0.25) is 15.9 Å². The third kappa shape index (κ3) is 4.56. The lowest BCUT2D eigenvalue weighted by molar-refractivity contribution is -0.116. The van der Waals surface area contributed by atoms with Gasteiger partial charge in [-0.1, -0.05) is 29.8 Å². The van der Waals surface area contributed by atoms with Crippen molar-refractivity contribution in [1.82, 2.24) is 4.72 Å². The van der Waals surface area contributed by atoms with Crippen molar-refractivity contribution in [2.75, 3.05) is 18.0 Å². The minimum absolute atomic E-state index is 0.110. The largest absolute Gasteiger partial charge is 0.311 e. The summed E-state index contributed by atoms with van der Waals surface area (Å²) in [6.45, 7) is 3.72. The number of anilines is 1. The van der Waals surface area contributed by atoms with Gasteiger partial charge in [0.1, 0.15) is 0 Å². The summed E-state index contributed by atoms with van der Waals surface area (Å²) in [4.78, 5) is 13.6. The van der Waals surface area contributed by atoms with Crippen molar-refractivity contribution < 1.29 is 13.2 Å². The minimum Gasteiger partial charge on any atom is -0.311 e. The summed E-state index contributed by atoms with van der Waals surface area (Å²) >= 11 is 5.77. The van der Waals surface area contributed by atoms with Crippen molar-refractivity contribution >= 4 is 33.2 Å². The first-order chi connectivity index (χ1) is 11.3. The molecule has 0 spiro atoms. The molecule has 0 aromatic heterocycles. The third-order valence-electron chi connectivity index (χ3n) is 3.54. The second kappa shape index (κ2) is 7.79. The monoisotopic (exact) mass is 366 g/mol. The van der Waals surface area contributed by atoms with Crippen LogP contribution in [0.4, 0.5) is 5.69 Å². The molecule has 0 aliphatic carbocycles. The summed E-state index contributed by atoms with van der Waals surface area (Å²) in [6, 6.07) is 13.4. The Morgan fingerprint density at radius 3 is 2.33 bits per heavy atom. The van der Waals surface area contributed by atoms with Crippen LogP contribution in [0.5, 0.6) is 0 Å². The molecule has 7 heteroatoms. The van der Waals surface area contributed by atoms with E-state index < -0.39 is 10.0 Å². The summed E-state index contributed by atoms with van der Waals surface area (Å²) in [5, 5.41) is 0.469. The Bertz CT molecular complexity index is 820. The van der Waals surface area contributed by atoms with Crippen LogP contribution < -0.4 is 9.62 Å². The van der Waals surface area contributed by atoms with E-state index in [4.69, 9.17) is 11.6 Å². The lowest BCUT2D eigenvalue weighted by Gasteiger charge is -2.23. The molecule has 0 aliphatic rings. The van der Waals surface area contributed by atoms with Gasteiger partial charge in [0, 0.05) is 30.7 Å². The number of amides is 1. The fourth-order valence-corrected chi connectivity index (χ4v) is 3.45. The maximum Gasteiger partial charge on any atom is 0.240 e. The molecule has 0 radical (unpaired) electrons. The van der Waals surface area contributed by atoms with E-state index in [1.165, 1.54) is 31.2 Å². The molecule has 2 aromatic carbocycles. The fourth-order valence-electron chi connectivity index (χ4n) is 2.30. The summed E-state index contributed by atoms with van der Waals surface area (Å²) in [7, 11) is -3.64. The van der Waals surface area contributed by atoms with Crippen LogP contribution in [-0.2, 0) is 14.8 Å². The maximum absolute atomic E-state index is 12.2. The highest BCUT2D eigenvalue weighted by Crippen LogP contribution is 2.19. The second-order valence-electron chi connectivity index (χ2n) is 5.31. The van der Waals surface area contributed by atoms with Crippen LogP contribution in [0.2, 0.25) is 5.02 Å². The molecule has 2 aromatic rings. The van der Waals surface area contributed by atoms with E-state index in [0.717, 1.165) is 11.3 Å². The Morgan fingerprint density at radius 1 is 1.12 bits per heavy atom. The highest BCUT2D eigenvalue weighted by molar-refractivity contribution is 7.89. The summed E-state index contributed by atoms with van der Waals surface area (Å²) in [5.74, 6) is -0.144. The third-order valence-corrected chi connectivity index (χ3v) is 5.27. The maximum atomic E-state index is 12.2. The fraction of sp³-hybridized carbons (Fsp3) is 0.235. The zero-order chi connectivity index (χ0) is 17.7. The number of carbonyl (C=O) groups is 1. The number of sulfonamides is 1. The Morgan fingerprint density at radius 2 is 1.75 bits per heavy atom. The highest BCUT2D eigenvalue weighted by Gasteiger charge is 2.17. The number of halogens is 1. The van der Waals surface area contributed by atoms with Crippen LogP contribution in [-0.4, -0.2) is 27.4 Å². The van der Waals surface area contributed by atoms with Crippen LogP contribution in [0, 0.1) is 6.92 Å². The lowest BCUT2D eigenvalue weighted by Crippen LogP contribution is -2.37. The van der Waals surface area contributed by atoms with Crippen LogP contribution in [0.25, 0.3) is 0 Å². The van der Waals surface area contributed by atoms with Gasteiger partial charge >= 0.3 is 0 Å². The van der Waals surface area contributed by atoms with Gasteiger partial charge in [-0.15, -0.1) is 0 Å². The van der Waals surface area contributed by atoms with Crippen molar-refractivity contribution in [3.63, 3.8) is 0 Å². The quantitative estimate of drug-likeness (QED) is 0.854. The molecule has 24 heavy (non-hydrogen) atoms. The van der Waals surface area contributed by atoms with Crippen LogP contribution in [0.1, 0.15) is 12.5 Å². The standard InChI is InChI=1S/C17H19ClN2O3S/c1-13-5-3-4-6-17(13)20(14(2)21)12-11-19-24(22,23)16-9-7-15(18)8-10-16/h3-10,19H,11-12H2,1-2H3. The number of nitrogens with one attached hydrogen (secondary N) is 1. The molecule has 0 aliphatic heterocycles. The number of aryl methyl sites for hydroxylation is 1. The number of rotatable bonds is 6. The number of hydrogen-bond donors (Lipinski definition) is 1. The van der Waals surface area contributed by atoms with Gasteiger partial charge < -0.3 is 4.90 Å². The van der Waals surface area contributed by atoms with Crippen molar-refractivity contribution in [3.8, 4) is 0 Å². The average molecular weight is 367 g/mol. The molecule has 0 saturated heterocycles. The Labute approximate surface area is 147 Å². The molecule has 0 saturated carbocycles. The highest BCUT2D eigenvalue weighted by atomic mass is 35.5. The van der Waals surface area contributed by atoms with Crippen LogP contribution in [0.15, 0.2) is 53.4 Å². The van der Waals surface area contributed by atoms with Gasteiger partial charge in [-0.25, -0.2) is 13.1 Å². The minimum atomic E-state index is -3.64. The van der Waals surface area contributed by atoms with Gasteiger partial charge in [-0.3, -0.25) is 4.79 Å². The number of nitrogens with zero attached hydrogens (tertiary/aromatic N) is 1. The molecular weight excluding hydrogens is 348 g/mol. The van der Waals surface area contributed by atoms with Gasteiger partial charge in [-0.2, -0.15) is 0 Å². The zero-order valence-electron chi connectivity index (χ0n) is 13.5. The molecule has 1 N–H and O–H groups in total. The average Bonchev–Trinajstić information content (AvgIpc) is 2.53. The van der Waals surface area contributed by atoms with Gasteiger partial charge in [0.15, 0.2) is 0 Å². The van der Waals surface area contributed by atoms with Crippen molar-refractivity contribution in [3.05, 3.63) is 59.1 Å². The van der Waals surface area contributed by atoms with E-state index in [1.807, 2.05) is 31.2 Å². The van der Waals surface area contributed by atoms with Crippen LogP contribution in [0.3, 0.4) is 0 Å². The summed E-state index contributed by atoms with van der Waals surface area (Å²) in [6.07, 6.45) is 0. The number of benzene rings is 2. The molecule has 0 unspecified atom stereocenters. The zero-order valence-corrected chi connectivity index (χ0v) is 15.1. The topological polar surface area (TPSA) is 66.5 Å². The van der Waals surface area contributed by atoms with E-state index in [9.17, 15) is 13.2 Å². The first-order valence-corrected chi connectivity index (χ1v) is 9.26. The molecule has 128 valence electrons. The smallest absolute Gasteiger partial charge is 0.240 e. The Balaban J connectivity index is 2.07. The number of hydrogen-bond acceptors (Lipinski definition) is 3. The summed E-state index contributed by atoms with van der Waals surface area (Å²) < 4.78 is 27.0. The number of carbonyl (C=O) groups excluding carboxylic acids is 1. The normalized spacial score (nSPS) is 11.3. The molecule has 5 nitrogen and oxygen atoms in total. The second-order valence-corrected chi connectivity index (χ2v) is 7.51.